The van der Waals surface area contributed by atoms with Crippen molar-refractivity contribution in [3.05, 3.63) is 243 Å². The number of aromatic nitrogens is 1. The first kappa shape index (κ1) is 36.3. The van der Waals surface area contributed by atoms with Crippen LogP contribution in [0.15, 0.2) is 247 Å². The molecule has 288 valence electrons. The second kappa shape index (κ2) is 15.4. The van der Waals surface area contributed by atoms with Crippen molar-refractivity contribution in [3.63, 3.8) is 0 Å². The van der Waals surface area contributed by atoms with Crippen LogP contribution in [0.3, 0.4) is 0 Å². The summed E-state index contributed by atoms with van der Waals surface area (Å²) in [5.41, 5.74) is 8.16. The fraction of sp³-hybridized carbons (Fsp3) is 0. The number of hydrogen-bond acceptors (Lipinski definition) is 3. The standard InChI is InChI=1S/C57H40N2OSi/c1-6-17-41(18-7-1)42-31-35-46(36-32-42)59(48-37-33-43-29-30-44-34-38-54-56(55(44)53(43)40-48)60-57(58-54)45-19-8-2-9-20-45)47-21-16-28-52(39-47)61(49-22-10-3-11-23-49,50-24-12-4-13-25-50)51-26-14-5-15-27-51/h1-40H. The molecule has 0 amide bonds. The monoisotopic (exact) mass is 796 g/mol. The predicted octanol–water partition coefficient (Wildman–Crippen LogP) is 12.3. The lowest BCUT2D eigenvalue weighted by Crippen LogP contribution is -2.74. The molecule has 10 aromatic carbocycles. The largest absolute Gasteiger partial charge is 0.435 e. The zero-order valence-electron chi connectivity index (χ0n) is 33.4. The van der Waals surface area contributed by atoms with Crippen molar-refractivity contribution in [2.45, 2.75) is 0 Å². The van der Waals surface area contributed by atoms with Gasteiger partial charge in [-0.3, -0.25) is 0 Å². The van der Waals surface area contributed by atoms with Gasteiger partial charge in [-0.05, 0) is 103 Å². The highest BCUT2D eigenvalue weighted by atomic mass is 28.3. The molecule has 0 spiro atoms. The molecule has 0 bridgehead atoms. The molecule has 0 aliphatic carbocycles. The SMILES string of the molecule is c1ccc(-c2ccc(N(c3cccc([Si](c4ccccc4)(c4ccccc4)c4ccccc4)c3)c3ccc4ccc5ccc6nc(-c7ccccc7)oc6c5c4c3)cc2)cc1. The van der Waals surface area contributed by atoms with Crippen molar-refractivity contribution in [1.82, 2.24) is 4.98 Å². The van der Waals surface area contributed by atoms with Crippen LogP contribution in [0, 0.1) is 0 Å². The molecule has 0 saturated heterocycles. The number of nitrogens with zero attached hydrogens (tertiary/aromatic N) is 2. The van der Waals surface area contributed by atoms with E-state index in [1.54, 1.807) is 0 Å². The molecule has 0 atom stereocenters. The van der Waals surface area contributed by atoms with Crippen LogP contribution < -0.4 is 25.6 Å². The van der Waals surface area contributed by atoms with Crippen LogP contribution in [0.25, 0.3) is 55.2 Å². The van der Waals surface area contributed by atoms with Crippen LogP contribution in [0.2, 0.25) is 0 Å². The molecule has 4 heteroatoms. The first-order chi connectivity index (χ1) is 30.2. The Hall–Kier alpha value is -7.79. The van der Waals surface area contributed by atoms with Crippen molar-refractivity contribution in [2.24, 2.45) is 0 Å². The van der Waals surface area contributed by atoms with Crippen molar-refractivity contribution >= 4 is 78.5 Å². The van der Waals surface area contributed by atoms with E-state index in [-0.39, 0.29) is 0 Å². The molecule has 3 nitrogen and oxygen atoms in total. The quantitative estimate of drug-likeness (QED) is 0.0828. The molecule has 0 fully saturated rings. The van der Waals surface area contributed by atoms with Crippen LogP contribution in [-0.2, 0) is 0 Å². The molecular weight excluding hydrogens is 757 g/mol. The molecule has 11 rings (SSSR count). The van der Waals surface area contributed by atoms with Gasteiger partial charge in [-0.25, -0.2) is 4.98 Å². The van der Waals surface area contributed by atoms with Gasteiger partial charge in [-0.15, -0.1) is 0 Å². The second-order valence-electron chi connectivity index (χ2n) is 15.5. The molecule has 0 saturated carbocycles. The maximum atomic E-state index is 6.66. The van der Waals surface area contributed by atoms with Gasteiger partial charge in [0.15, 0.2) is 13.7 Å². The minimum Gasteiger partial charge on any atom is -0.435 e. The van der Waals surface area contributed by atoms with Gasteiger partial charge in [0.2, 0.25) is 5.89 Å². The van der Waals surface area contributed by atoms with Crippen molar-refractivity contribution in [2.75, 3.05) is 4.90 Å². The smallest absolute Gasteiger partial charge is 0.227 e. The number of fused-ring (bicyclic) bond motifs is 5. The summed E-state index contributed by atoms with van der Waals surface area (Å²) in [6.07, 6.45) is 0. The van der Waals surface area contributed by atoms with Gasteiger partial charge in [0.05, 0.1) is 0 Å². The third-order valence-electron chi connectivity index (χ3n) is 12.0. The second-order valence-corrected chi connectivity index (χ2v) is 19.3. The maximum absolute atomic E-state index is 6.66. The zero-order chi connectivity index (χ0) is 40.6. The van der Waals surface area contributed by atoms with Crippen LogP contribution in [0.5, 0.6) is 0 Å². The Labute approximate surface area is 356 Å². The van der Waals surface area contributed by atoms with Gasteiger partial charge < -0.3 is 9.32 Å². The third kappa shape index (κ3) is 6.42. The Kier molecular flexibility index (Phi) is 9.18. The topological polar surface area (TPSA) is 29.3 Å². The van der Waals surface area contributed by atoms with E-state index in [0.717, 1.165) is 55.3 Å². The Balaban J connectivity index is 1.15. The van der Waals surface area contributed by atoms with E-state index in [2.05, 4.69) is 217 Å². The number of anilines is 3. The molecule has 61 heavy (non-hydrogen) atoms. The van der Waals surface area contributed by atoms with E-state index >= 15 is 0 Å². The average Bonchev–Trinajstić information content (AvgIpc) is 3.79. The molecular formula is C57H40N2OSi. The summed E-state index contributed by atoms with van der Waals surface area (Å²) in [6, 6.07) is 87.8. The van der Waals surface area contributed by atoms with Crippen LogP contribution in [0.4, 0.5) is 17.1 Å². The van der Waals surface area contributed by atoms with E-state index in [9.17, 15) is 0 Å². The highest BCUT2D eigenvalue weighted by Crippen LogP contribution is 2.40. The Bertz CT molecular complexity index is 3180. The zero-order valence-corrected chi connectivity index (χ0v) is 34.4. The summed E-state index contributed by atoms with van der Waals surface area (Å²) in [7, 11) is -2.81. The highest BCUT2D eigenvalue weighted by molar-refractivity contribution is 7.19. The summed E-state index contributed by atoms with van der Waals surface area (Å²) in [6.45, 7) is 0. The van der Waals surface area contributed by atoms with Gasteiger partial charge in [0.25, 0.3) is 0 Å². The average molecular weight is 797 g/mol. The minimum absolute atomic E-state index is 0.621. The molecule has 11 aromatic rings. The number of hydrogen-bond donors (Lipinski definition) is 0. The molecule has 0 unspecified atom stereocenters. The minimum atomic E-state index is -2.81. The van der Waals surface area contributed by atoms with Gasteiger partial charge in [-0.1, -0.05) is 188 Å². The Morgan fingerprint density at radius 1 is 0.361 bits per heavy atom. The Morgan fingerprint density at radius 2 is 0.836 bits per heavy atom. The highest BCUT2D eigenvalue weighted by Gasteiger charge is 2.41. The lowest BCUT2D eigenvalue weighted by molar-refractivity contribution is 0.623. The van der Waals surface area contributed by atoms with Gasteiger partial charge in [0, 0.05) is 28.0 Å². The van der Waals surface area contributed by atoms with Crippen molar-refractivity contribution < 1.29 is 4.42 Å². The number of rotatable bonds is 9. The predicted molar refractivity (Wildman–Crippen MR) is 258 cm³/mol. The van der Waals surface area contributed by atoms with E-state index in [1.807, 2.05) is 30.3 Å². The maximum Gasteiger partial charge on any atom is 0.227 e. The van der Waals surface area contributed by atoms with Crippen molar-refractivity contribution in [3.8, 4) is 22.6 Å². The van der Waals surface area contributed by atoms with Gasteiger partial charge in [0.1, 0.15) is 5.52 Å². The lowest BCUT2D eigenvalue weighted by Gasteiger charge is -2.35. The summed E-state index contributed by atoms with van der Waals surface area (Å²) in [5, 5.41) is 9.74. The normalized spacial score (nSPS) is 11.6. The van der Waals surface area contributed by atoms with E-state index in [1.165, 1.54) is 31.9 Å². The fourth-order valence-electron chi connectivity index (χ4n) is 9.18. The lowest BCUT2D eigenvalue weighted by atomic mass is 10.00. The molecule has 1 heterocycles. The van der Waals surface area contributed by atoms with E-state index < -0.39 is 8.07 Å². The van der Waals surface area contributed by atoms with Crippen LogP contribution >= 0.6 is 0 Å². The van der Waals surface area contributed by atoms with Gasteiger partial charge in [-0.2, -0.15) is 0 Å². The van der Waals surface area contributed by atoms with Gasteiger partial charge >= 0.3 is 0 Å². The van der Waals surface area contributed by atoms with Crippen LogP contribution in [0.1, 0.15) is 0 Å². The number of benzene rings is 10. The summed E-state index contributed by atoms with van der Waals surface area (Å²) in [5.74, 6) is 0.621. The Morgan fingerprint density at radius 3 is 1.46 bits per heavy atom. The first-order valence-electron chi connectivity index (χ1n) is 20.8. The van der Waals surface area contributed by atoms with E-state index in [4.69, 9.17) is 9.40 Å². The summed E-state index contributed by atoms with van der Waals surface area (Å²) in [4.78, 5) is 7.37. The molecule has 0 N–H and O–H groups in total. The number of oxazole rings is 1. The summed E-state index contributed by atoms with van der Waals surface area (Å²) >= 11 is 0. The molecule has 0 aliphatic heterocycles. The molecule has 1 aromatic heterocycles. The molecule has 0 aliphatic rings. The van der Waals surface area contributed by atoms with Crippen LogP contribution in [-0.4, -0.2) is 13.1 Å². The van der Waals surface area contributed by atoms with E-state index in [0.29, 0.717) is 5.89 Å². The van der Waals surface area contributed by atoms with Crippen molar-refractivity contribution in [1.29, 1.82) is 0 Å². The summed E-state index contributed by atoms with van der Waals surface area (Å²) < 4.78 is 6.66. The first-order valence-corrected chi connectivity index (χ1v) is 22.8. The fourth-order valence-corrected chi connectivity index (χ4v) is 14.0. The molecule has 0 radical (unpaired) electrons. The third-order valence-corrected chi connectivity index (χ3v) is 16.8.